The molecule has 218 valence electrons. The van der Waals surface area contributed by atoms with Gasteiger partial charge in [-0.2, -0.15) is 0 Å². The molecular formula is C32H32ClN3O5S. The van der Waals surface area contributed by atoms with Crippen LogP contribution in [0.25, 0.3) is 0 Å². The number of carbonyl (C=O) groups is 2. The van der Waals surface area contributed by atoms with Gasteiger partial charge in [0.2, 0.25) is 11.8 Å². The molecule has 10 heteroatoms. The second-order valence-electron chi connectivity index (χ2n) is 9.46. The summed E-state index contributed by atoms with van der Waals surface area (Å²) in [6.07, 6.45) is 0.213. The maximum absolute atomic E-state index is 14.3. The van der Waals surface area contributed by atoms with Crippen molar-refractivity contribution < 1.29 is 22.7 Å². The number of benzene rings is 4. The van der Waals surface area contributed by atoms with Crippen LogP contribution in [0.15, 0.2) is 114 Å². The van der Waals surface area contributed by atoms with E-state index >= 15 is 0 Å². The molecule has 0 bridgehead atoms. The first-order valence-electron chi connectivity index (χ1n) is 13.2. The van der Waals surface area contributed by atoms with Gasteiger partial charge in [0.25, 0.3) is 10.0 Å². The molecule has 0 saturated heterocycles. The molecule has 0 aliphatic carbocycles. The van der Waals surface area contributed by atoms with E-state index in [-0.39, 0.29) is 29.5 Å². The number of anilines is 1. The molecule has 4 aromatic rings. The van der Waals surface area contributed by atoms with Gasteiger partial charge in [0, 0.05) is 25.0 Å². The molecule has 1 N–H and O–H groups in total. The number of amides is 2. The molecule has 4 rings (SSSR count). The Hall–Kier alpha value is -4.34. The number of hydrogen-bond donors (Lipinski definition) is 1. The Balaban J connectivity index is 1.79. The molecule has 0 aromatic heterocycles. The lowest BCUT2D eigenvalue weighted by Gasteiger charge is -2.33. The SMILES string of the molecule is CNC(=O)[C@@H](Cc1ccccc1)N(Cc1ccccc1Cl)C(=O)CN(c1ccc(OC)cc1)S(=O)(=O)c1ccccc1. The second kappa shape index (κ2) is 14.0. The lowest BCUT2D eigenvalue weighted by Crippen LogP contribution is -2.53. The summed E-state index contributed by atoms with van der Waals surface area (Å²) in [5.74, 6) is -0.430. The Morgan fingerprint density at radius 3 is 2.05 bits per heavy atom. The fourth-order valence-electron chi connectivity index (χ4n) is 4.53. The molecular weight excluding hydrogens is 574 g/mol. The first-order chi connectivity index (χ1) is 20.2. The summed E-state index contributed by atoms with van der Waals surface area (Å²) in [6, 6.07) is 29.7. The van der Waals surface area contributed by atoms with Crippen LogP contribution < -0.4 is 14.4 Å². The fraction of sp³-hybridized carbons (Fsp3) is 0.188. The summed E-state index contributed by atoms with van der Waals surface area (Å²) >= 11 is 6.48. The van der Waals surface area contributed by atoms with Crippen molar-refractivity contribution in [3.63, 3.8) is 0 Å². The zero-order chi connectivity index (χ0) is 30.1. The van der Waals surface area contributed by atoms with E-state index in [0.29, 0.717) is 16.3 Å². The van der Waals surface area contributed by atoms with Crippen LogP contribution in [-0.2, 0) is 32.6 Å². The summed E-state index contributed by atoms with van der Waals surface area (Å²) in [4.78, 5) is 29.0. The van der Waals surface area contributed by atoms with Crippen molar-refractivity contribution in [3.8, 4) is 5.75 Å². The van der Waals surface area contributed by atoms with Crippen LogP contribution in [0.1, 0.15) is 11.1 Å². The van der Waals surface area contributed by atoms with Crippen LogP contribution in [0.3, 0.4) is 0 Å². The summed E-state index contributed by atoms with van der Waals surface area (Å²) in [5.41, 5.74) is 1.73. The number of ether oxygens (including phenoxy) is 1. The maximum atomic E-state index is 14.3. The van der Waals surface area contributed by atoms with Crippen LogP contribution >= 0.6 is 11.6 Å². The van der Waals surface area contributed by atoms with Crippen LogP contribution in [0.4, 0.5) is 5.69 Å². The van der Waals surface area contributed by atoms with Gasteiger partial charge >= 0.3 is 0 Å². The monoisotopic (exact) mass is 605 g/mol. The first kappa shape index (κ1) is 30.6. The minimum absolute atomic E-state index is 0.00867. The van der Waals surface area contributed by atoms with Crippen molar-refractivity contribution in [2.24, 2.45) is 0 Å². The van der Waals surface area contributed by atoms with Crippen molar-refractivity contribution in [2.45, 2.75) is 23.9 Å². The van der Waals surface area contributed by atoms with Gasteiger partial charge in [-0.05, 0) is 53.6 Å². The molecule has 4 aromatic carbocycles. The maximum Gasteiger partial charge on any atom is 0.264 e. The number of nitrogens with zero attached hydrogens (tertiary/aromatic N) is 2. The molecule has 1 atom stereocenters. The lowest BCUT2D eigenvalue weighted by molar-refractivity contribution is -0.139. The molecule has 0 fully saturated rings. The average molecular weight is 606 g/mol. The highest BCUT2D eigenvalue weighted by Gasteiger charge is 2.34. The second-order valence-corrected chi connectivity index (χ2v) is 11.7. The van der Waals surface area contributed by atoms with Gasteiger partial charge < -0.3 is 15.0 Å². The molecule has 2 amide bonds. The highest BCUT2D eigenvalue weighted by Crippen LogP contribution is 2.27. The minimum Gasteiger partial charge on any atom is -0.497 e. The normalized spacial score (nSPS) is 11.8. The Bertz CT molecular complexity index is 1600. The fourth-order valence-corrected chi connectivity index (χ4v) is 6.16. The predicted molar refractivity (Wildman–Crippen MR) is 164 cm³/mol. The van der Waals surface area contributed by atoms with Crippen molar-refractivity contribution in [1.82, 2.24) is 10.2 Å². The molecule has 0 aliphatic rings. The van der Waals surface area contributed by atoms with Gasteiger partial charge in [0.1, 0.15) is 18.3 Å². The van der Waals surface area contributed by atoms with Crippen LogP contribution in [0, 0.1) is 0 Å². The number of carbonyl (C=O) groups excluding carboxylic acids is 2. The van der Waals surface area contributed by atoms with Crippen molar-refractivity contribution in [2.75, 3.05) is 25.0 Å². The molecule has 0 saturated carbocycles. The first-order valence-corrected chi connectivity index (χ1v) is 15.1. The lowest BCUT2D eigenvalue weighted by atomic mass is 10.0. The van der Waals surface area contributed by atoms with E-state index in [0.717, 1.165) is 9.87 Å². The molecule has 0 unspecified atom stereocenters. The van der Waals surface area contributed by atoms with E-state index in [1.54, 1.807) is 66.7 Å². The van der Waals surface area contributed by atoms with E-state index in [9.17, 15) is 18.0 Å². The van der Waals surface area contributed by atoms with Gasteiger partial charge in [-0.3, -0.25) is 13.9 Å². The molecule has 0 spiro atoms. The number of hydrogen-bond acceptors (Lipinski definition) is 5. The van der Waals surface area contributed by atoms with Crippen LogP contribution in [0.2, 0.25) is 5.02 Å². The van der Waals surface area contributed by atoms with E-state index in [1.807, 2.05) is 30.3 Å². The van der Waals surface area contributed by atoms with E-state index in [4.69, 9.17) is 16.3 Å². The molecule has 0 radical (unpaired) electrons. The van der Waals surface area contributed by atoms with E-state index < -0.39 is 28.5 Å². The summed E-state index contributed by atoms with van der Waals surface area (Å²) in [6.45, 7) is -0.568. The smallest absolute Gasteiger partial charge is 0.264 e. The quantitative estimate of drug-likeness (QED) is 0.247. The highest BCUT2D eigenvalue weighted by molar-refractivity contribution is 7.92. The van der Waals surface area contributed by atoms with Crippen molar-refractivity contribution >= 4 is 39.1 Å². The van der Waals surface area contributed by atoms with Gasteiger partial charge in [-0.1, -0.05) is 78.3 Å². The van der Waals surface area contributed by atoms with Gasteiger partial charge in [-0.15, -0.1) is 0 Å². The molecule has 0 aliphatic heterocycles. The number of sulfonamides is 1. The summed E-state index contributed by atoms with van der Waals surface area (Å²) in [5, 5.41) is 3.09. The van der Waals surface area contributed by atoms with Gasteiger partial charge in [0.15, 0.2) is 0 Å². The Morgan fingerprint density at radius 2 is 1.45 bits per heavy atom. The zero-order valence-electron chi connectivity index (χ0n) is 23.3. The third-order valence-electron chi connectivity index (χ3n) is 6.79. The Kier molecular flexibility index (Phi) is 10.2. The summed E-state index contributed by atoms with van der Waals surface area (Å²) in [7, 11) is -1.16. The highest BCUT2D eigenvalue weighted by atomic mass is 35.5. The standard InChI is InChI=1S/C32H32ClN3O5S/c1-34-32(38)30(21-24-11-5-3-6-12-24)35(22-25-13-9-10-16-29(25)33)31(37)23-36(26-17-19-27(41-2)20-18-26)42(39,40)28-14-7-4-8-15-28/h3-20,30H,21-23H2,1-2H3,(H,34,38)/t30-/m1/s1. The zero-order valence-corrected chi connectivity index (χ0v) is 24.9. The number of likely N-dealkylation sites (N-methyl/N-ethyl adjacent to an activating group) is 1. The van der Waals surface area contributed by atoms with Crippen LogP contribution in [0.5, 0.6) is 5.75 Å². The molecule has 42 heavy (non-hydrogen) atoms. The summed E-state index contributed by atoms with van der Waals surface area (Å²) < 4.78 is 34.2. The van der Waals surface area contributed by atoms with E-state index in [1.165, 1.54) is 31.2 Å². The topological polar surface area (TPSA) is 96.0 Å². The molecule has 8 nitrogen and oxygen atoms in total. The number of methoxy groups -OCH3 is 1. The predicted octanol–water partition coefficient (Wildman–Crippen LogP) is 4.93. The Labute approximate surface area is 251 Å². The minimum atomic E-state index is -4.18. The average Bonchev–Trinajstić information content (AvgIpc) is 3.02. The third-order valence-corrected chi connectivity index (χ3v) is 8.94. The Morgan fingerprint density at radius 1 is 0.857 bits per heavy atom. The van der Waals surface area contributed by atoms with Crippen LogP contribution in [-0.4, -0.2) is 51.9 Å². The molecule has 0 heterocycles. The number of rotatable bonds is 12. The largest absolute Gasteiger partial charge is 0.497 e. The van der Waals surface area contributed by atoms with Gasteiger partial charge in [-0.25, -0.2) is 8.42 Å². The van der Waals surface area contributed by atoms with Crippen molar-refractivity contribution in [3.05, 3.63) is 125 Å². The number of nitrogens with one attached hydrogen (secondary N) is 1. The van der Waals surface area contributed by atoms with Crippen molar-refractivity contribution in [1.29, 1.82) is 0 Å². The van der Waals surface area contributed by atoms with E-state index in [2.05, 4.69) is 5.32 Å². The van der Waals surface area contributed by atoms with Gasteiger partial charge in [0.05, 0.1) is 17.7 Å². The third kappa shape index (κ3) is 7.29. The number of halogens is 1.